The highest BCUT2D eigenvalue weighted by molar-refractivity contribution is 6.49. The van der Waals surface area contributed by atoms with Gasteiger partial charge in [-0.2, -0.15) is 5.10 Å². The predicted octanol–water partition coefficient (Wildman–Crippen LogP) is 3.11. The molecular weight excluding hydrogens is 349 g/mol. The first-order valence-electron chi connectivity index (χ1n) is 6.65. The lowest BCUT2D eigenvalue weighted by Gasteiger charge is -2.13. The number of carbonyl (C=O) groups is 2. The molecule has 1 saturated heterocycles. The van der Waals surface area contributed by atoms with Crippen LogP contribution in [0.5, 0.6) is 0 Å². The quantitative estimate of drug-likeness (QED) is 0.508. The van der Waals surface area contributed by atoms with Gasteiger partial charge in [-0.05, 0) is 19.4 Å². The zero-order chi connectivity index (χ0) is 16.3. The van der Waals surface area contributed by atoms with Gasteiger partial charge in [-0.1, -0.05) is 40.9 Å². The number of hydrazone groups is 1. The highest BCUT2D eigenvalue weighted by atomic mass is 35.5. The second kappa shape index (κ2) is 7.31. The normalized spacial score (nSPS) is 15.4. The van der Waals surface area contributed by atoms with E-state index in [0.717, 1.165) is 6.42 Å². The van der Waals surface area contributed by atoms with E-state index in [-0.39, 0.29) is 28.4 Å². The van der Waals surface area contributed by atoms with Gasteiger partial charge >= 0.3 is 0 Å². The summed E-state index contributed by atoms with van der Waals surface area (Å²) < 4.78 is 0. The van der Waals surface area contributed by atoms with E-state index in [1.807, 2.05) is 0 Å². The van der Waals surface area contributed by atoms with E-state index >= 15 is 0 Å². The molecule has 0 aromatic heterocycles. The topological polar surface area (TPSA) is 61.8 Å². The molecule has 1 aromatic carbocycles. The Morgan fingerprint density at radius 2 is 2.05 bits per heavy atom. The van der Waals surface area contributed by atoms with Gasteiger partial charge in [0, 0.05) is 18.5 Å². The standard InChI is InChI=1S/C14H14Cl3N3O2/c1-8(9-4-5-10(15)14(17)13(9)16)18-19-11(21)7-20-6-2-3-12(20)22/h4-5H,2-3,6-7H2,1H3,(H,19,21)/b18-8+. The van der Waals surface area contributed by atoms with Crippen LogP contribution in [0.4, 0.5) is 0 Å². The molecular formula is C14H14Cl3N3O2. The summed E-state index contributed by atoms with van der Waals surface area (Å²) in [7, 11) is 0. The molecule has 0 aliphatic carbocycles. The van der Waals surface area contributed by atoms with Crippen molar-refractivity contribution in [1.29, 1.82) is 0 Å². The van der Waals surface area contributed by atoms with Crippen LogP contribution in [0.1, 0.15) is 25.3 Å². The van der Waals surface area contributed by atoms with E-state index < -0.39 is 0 Å². The number of rotatable bonds is 4. The molecule has 0 atom stereocenters. The van der Waals surface area contributed by atoms with Crippen LogP contribution in [0, 0.1) is 0 Å². The van der Waals surface area contributed by atoms with E-state index in [2.05, 4.69) is 10.5 Å². The molecule has 118 valence electrons. The fraction of sp³-hybridized carbons (Fsp3) is 0.357. The lowest BCUT2D eigenvalue weighted by atomic mass is 10.1. The van der Waals surface area contributed by atoms with Gasteiger partial charge in [-0.25, -0.2) is 5.43 Å². The Kier molecular flexibility index (Phi) is 5.67. The number of carbonyl (C=O) groups excluding carboxylic acids is 2. The minimum absolute atomic E-state index is 0.00468. The first-order chi connectivity index (χ1) is 10.4. The average molecular weight is 363 g/mol. The second-order valence-corrected chi connectivity index (χ2v) is 6.04. The maximum absolute atomic E-state index is 11.8. The molecule has 1 aromatic rings. The summed E-state index contributed by atoms with van der Waals surface area (Å²) >= 11 is 17.9. The number of hydrogen-bond donors (Lipinski definition) is 1. The SMILES string of the molecule is C/C(=N\NC(=O)CN1CCCC1=O)c1ccc(Cl)c(Cl)c1Cl. The Balaban J connectivity index is 2.02. The highest BCUT2D eigenvalue weighted by Crippen LogP contribution is 2.32. The maximum Gasteiger partial charge on any atom is 0.259 e. The number of nitrogens with zero attached hydrogens (tertiary/aromatic N) is 2. The van der Waals surface area contributed by atoms with Crippen LogP contribution < -0.4 is 5.43 Å². The summed E-state index contributed by atoms with van der Waals surface area (Å²) in [6.45, 7) is 2.30. The zero-order valence-electron chi connectivity index (χ0n) is 11.8. The van der Waals surface area contributed by atoms with Gasteiger partial charge in [-0.3, -0.25) is 9.59 Å². The third-order valence-corrected chi connectivity index (χ3v) is 4.57. The first-order valence-corrected chi connectivity index (χ1v) is 7.78. The second-order valence-electron chi connectivity index (χ2n) is 4.87. The molecule has 5 nitrogen and oxygen atoms in total. The van der Waals surface area contributed by atoms with Gasteiger partial charge in [0.15, 0.2) is 0 Å². The van der Waals surface area contributed by atoms with Gasteiger partial charge in [0.2, 0.25) is 5.91 Å². The molecule has 1 aliphatic heterocycles. The fourth-order valence-corrected chi connectivity index (χ4v) is 2.76. The first kappa shape index (κ1) is 17.1. The van der Waals surface area contributed by atoms with Crippen molar-refractivity contribution in [2.45, 2.75) is 19.8 Å². The van der Waals surface area contributed by atoms with Gasteiger partial charge in [0.25, 0.3) is 5.91 Å². The third-order valence-electron chi connectivity index (χ3n) is 3.28. The summed E-state index contributed by atoms with van der Waals surface area (Å²) in [5, 5.41) is 4.85. The minimum atomic E-state index is -0.356. The smallest absolute Gasteiger partial charge is 0.259 e. The number of benzene rings is 1. The lowest BCUT2D eigenvalue weighted by Crippen LogP contribution is -2.36. The minimum Gasteiger partial charge on any atom is -0.333 e. The summed E-state index contributed by atoms with van der Waals surface area (Å²) in [6.07, 6.45) is 1.28. The lowest BCUT2D eigenvalue weighted by molar-refractivity contribution is -0.133. The molecule has 1 N–H and O–H groups in total. The van der Waals surface area contributed by atoms with E-state index in [1.54, 1.807) is 19.1 Å². The van der Waals surface area contributed by atoms with Crippen molar-refractivity contribution in [1.82, 2.24) is 10.3 Å². The van der Waals surface area contributed by atoms with Crippen LogP contribution in [0.3, 0.4) is 0 Å². The van der Waals surface area contributed by atoms with Gasteiger partial charge in [0.05, 0.1) is 20.8 Å². The maximum atomic E-state index is 11.8. The highest BCUT2D eigenvalue weighted by Gasteiger charge is 2.22. The molecule has 0 unspecified atom stereocenters. The molecule has 0 bridgehead atoms. The molecule has 2 rings (SSSR count). The largest absolute Gasteiger partial charge is 0.333 e. The van der Waals surface area contributed by atoms with Crippen LogP contribution >= 0.6 is 34.8 Å². The average Bonchev–Trinajstić information content (AvgIpc) is 2.88. The van der Waals surface area contributed by atoms with Gasteiger partial charge in [0.1, 0.15) is 6.54 Å². The van der Waals surface area contributed by atoms with Crippen LogP contribution in [-0.2, 0) is 9.59 Å². The number of halogens is 3. The third kappa shape index (κ3) is 3.91. The Morgan fingerprint density at radius 3 is 2.68 bits per heavy atom. The van der Waals surface area contributed by atoms with Crippen molar-refractivity contribution in [3.05, 3.63) is 32.8 Å². The van der Waals surface area contributed by atoms with Gasteiger partial charge in [-0.15, -0.1) is 0 Å². The molecule has 0 saturated carbocycles. The number of nitrogens with one attached hydrogen (secondary N) is 1. The van der Waals surface area contributed by atoms with E-state index in [9.17, 15) is 9.59 Å². The van der Waals surface area contributed by atoms with Crippen LogP contribution in [0.25, 0.3) is 0 Å². The van der Waals surface area contributed by atoms with Crippen LogP contribution in [0.2, 0.25) is 15.1 Å². The van der Waals surface area contributed by atoms with Crippen molar-refractivity contribution >= 4 is 52.3 Å². The van der Waals surface area contributed by atoms with E-state index in [4.69, 9.17) is 34.8 Å². The van der Waals surface area contributed by atoms with Gasteiger partial charge < -0.3 is 4.90 Å². The number of hydrogen-bond acceptors (Lipinski definition) is 3. The van der Waals surface area contributed by atoms with Crippen molar-refractivity contribution in [2.75, 3.05) is 13.1 Å². The molecule has 1 fully saturated rings. The van der Waals surface area contributed by atoms with Crippen molar-refractivity contribution < 1.29 is 9.59 Å². The number of amides is 2. The molecule has 22 heavy (non-hydrogen) atoms. The van der Waals surface area contributed by atoms with E-state index in [1.165, 1.54) is 4.90 Å². The summed E-state index contributed by atoms with van der Waals surface area (Å²) in [6, 6.07) is 3.28. The Bertz CT molecular complexity index is 646. The van der Waals surface area contributed by atoms with Crippen LogP contribution in [0.15, 0.2) is 17.2 Å². The molecule has 8 heteroatoms. The van der Waals surface area contributed by atoms with Crippen LogP contribution in [-0.4, -0.2) is 35.5 Å². The molecule has 2 amide bonds. The van der Waals surface area contributed by atoms with E-state index in [0.29, 0.717) is 29.3 Å². The molecule has 1 heterocycles. The molecule has 1 aliphatic rings. The van der Waals surface area contributed by atoms with Crippen molar-refractivity contribution in [3.63, 3.8) is 0 Å². The fourth-order valence-electron chi connectivity index (χ4n) is 2.09. The molecule has 0 radical (unpaired) electrons. The number of likely N-dealkylation sites (tertiary alicyclic amines) is 1. The Hall–Kier alpha value is -1.30. The Labute approximate surface area is 143 Å². The molecule has 0 spiro atoms. The monoisotopic (exact) mass is 361 g/mol. The van der Waals surface area contributed by atoms with Crippen molar-refractivity contribution in [3.8, 4) is 0 Å². The summed E-state index contributed by atoms with van der Waals surface area (Å²) in [5.74, 6) is -0.367. The Morgan fingerprint density at radius 1 is 1.32 bits per heavy atom. The summed E-state index contributed by atoms with van der Waals surface area (Å²) in [5.41, 5.74) is 3.48. The van der Waals surface area contributed by atoms with Crippen molar-refractivity contribution in [2.24, 2.45) is 5.10 Å². The summed E-state index contributed by atoms with van der Waals surface area (Å²) in [4.78, 5) is 24.7. The predicted molar refractivity (Wildman–Crippen MR) is 87.6 cm³/mol. The zero-order valence-corrected chi connectivity index (χ0v) is 14.1.